The van der Waals surface area contributed by atoms with Crippen molar-refractivity contribution in [2.45, 2.75) is 84.0 Å². The Bertz CT molecular complexity index is 1430. The minimum absolute atomic E-state index is 0.458. The van der Waals surface area contributed by atoms with Crippen LogP contribution in [0.4, 0.5) is 0 Å². The maximum absolute atomic E-state index is 2.49. The van der Waals surface area contributed by atoms with E-state index >= 15 is 0 Å². The third-order valence-electron chi connectivity index (χ3n) is 9.83. The van der Waals surface area contributed by atoms with E-state index in [1.165, 1.54) is 95.7 Å². The smallest absolute Gasteiger partial charge is 0.201 e. The van der Waals surface area contributed by atoms with Gasteiger partial charge in [-0.3, -0.25) is 0 Å². The van der Waals surface area contributed by atoms with Crippen molar-refractivity contribution in [1.82, 2.24) is 0 Å². The summed E-state index contributed by atoms with van der Waals surface area (Å²) in [6, 6.07) is 25.6. The van der Waals surface area contributed by atoms with Crippen molar-refractivity contribution in [3.63, 3.8) is 0 Å². The summed E-state index contributed by atoms with van der Waals surface area (Å²) in [6.07, 6.45) is 13.9. The normalized spacial score (nSPS) is 20.4. The van der Waals surface area contributed by atoms with Crippen LogP contribution in [-0.2, 0) is 7.05 Å². The van der Waals surface area contributed by atoms with Crippen molar-refractivity contribution in [3.05, 3.63) is 89.6 Å². The second-order valence-corrected chi connectivity index (χ2v) is 12.6. The predicted octanol–water partition coefficient (Wildman–Crippen LogP) is 9.89. The molecule has 1 aromatic heterocycles. The Labute approximate surface area is 229 Å². The fourth-order valence-electron chi connectivity index (χ4n) is 7.55. The van der Waals surface area contributed by atoms with Gasteiger partial charge in [-0.15, -0.1) is 0 Å². The van der Waals surface area contributed by atoms with E-state index in [1.807, 2.05) is 0 Å². The van der Waals surface area contributed by atoms with E-state index in [-0.39, 0.29) is 0 Å². The Morgan fingerprint density at radius 2 is 1.39 bits per heavy atom. The number of nitrogens with zero attached hydrogens (tertiary/aromatic N) is 1. The molecule has 3 aromatic carbocycles. The zero-order chi connectivity index (χ0) is 26.2. The van der Waals surface area contributed by atoms with Gasteiger partial charge in [-0.05, 0) is 101 Å². The van der Waals surface area contributed by atoms with Gasteiger partial charge in [0.15, 0.2) is 6.20 Å². The van der Waals surface area contributed by atoms with E-state index < -0.39 is 0 Å². The zero-order valence-electron chi connectivity index (χ0n) is 23.8. The van der Waals surface area contributed by atoms with Crippen LogP contribution in [0.3, 0.4) is 0 Å². The van der Waals surface area contributed by atoms with Crippen LogP contribution < -0.4 is 4.57 Å². The molecule has 0 N–H and O–H groups in total. The van der Waals surface area contributed by atoms with Crippen LogP contribution in [0.5, 0.6) is 0 Å². The van der Waals surface area contributed by atoms with Crippen LogP contribution >= 0.6 is 0 Å². The van der Waals surface area contributed by atoms with Crippen LogP contribution in [0, 0.1) is 18.8 Å². The maximum atomic E-state index is 2.49. The summed E-state index contributed by atoms with van der Waals surface area (Å²) in [5.74, 6) is 3.24. The number of aromatic nitrogens is 1. The lowest BCUT2D eigenvalue weighted by atomic mass is 9.73. The zero-order valence-corrected chi connectivity index (χ0v) is 23.8. The summed E-state index contributed by atoms with van der Waals surface area (Å²) in [4.78, 5) is 0. The van der Waals surface area contributed by atoms with E-state index in [0.29, 0.717) is 5.92 Å². The fourth-order valence-corrected chi connectivity index (χ4v) is 7.55. The van der Waals surface area contributed by atoms with E-state index in [0.717, 1.165) is 17.8 Å². The summed E-state index contributed by atoms with van der Waals surface area (Å²) in [7, 11) is 2.18. The number of rotatable bonds is 5. The van der Waals surface area contributed by atoms with Crippen LogP contribution in [0.2, 0.25) is 0 Å². The van der Waals surface area contributed by atoms with Gasteiger partial charge in [-0.25, -0.2) is 4.57 Å². The third-order valence-corrected chi connectivity index (χ3v) is 9.83. The lowest BCUT2D eigenvalue weighted by Gasteiger charge is -2.32. The van der Waals surface area contributed by atoms with Crippen molar-refractivity contribution in [2.24, 2.45) is 18.9 Å². The Morgan fingerprint density at radius 3 is 2.13 bits per heavy atom. The third kappa shape index (κ3) is 4.93. The molecule has 4 aromatic rings. The highest BCUT2D eigenvalue weighted by Crippen LogP contribution is 2.44. The van der Waals surface area contributed by atoms with Crippen molar-refractivity contribution < 1.29 is 4.57 Å². The summed E-state index contributed by atoms with van der Waals surface area (Å²) in [6.45, 7) is 6.82. The molecule has 0 amide bonds. The highest BCUT2D eigenvalue weighted by atomic mass is 14.9. The first-order chi connectivity index (χ1) is 18.5. The Balaban J connectivity index is 1.30. The number of aryl methyl sites for hydroxylation is 2. The first kappa shape index (κ1) is 25.4. The molecule has 0 spiro atoms. The first-order valence-electron chi connectivity index (χ1n) is 15.1. The van der Waals surface area contributed by atoms with Gasteiger partial charge in [0.05, 0.1) is 0 Å². The van der Waals surface area contributed by atoms with Gasteiger partial charge in [-0.2, -0.15) is 0 Å². The lowest BCUT2D eigenvalue weighted by molar-refractivity contribution is -0.660. The van der Waals surface area contributed by atoms with Crippen molar-refractivity contribution in [1.29, 1.82) is 0 Å². The van der Waals surface area contributed by atoms with Crippen molar-refractivity contribution in [2.75, 3.05) is 0 Å². The number of hydrogen-bond donors (Lipinski definition) is 0. The Morgan fingerprint density at radius 1 is 0.711 bits per heavy atom. The average Bonchev–Trinajstić information content (AvgIpc) is 3.48. The topological polar surface area (TPSA) is 3.88 Å². The molecular formula is C37H44N+. The lowest BCUT2D eigenvalue weighted by Crippen LogP contribution is -2.32. The van der Waals surface area contributed by atoms with Gasteiger partial charge in [0.25, 0.3) is 0 Å². The predicted molar refractivity (Wildman–Crippen MR) is 161 cm³/mol. The van der Waals surface area contributed by atoms with Gasteiger partial charge in [0, 0.05) is 17.2 Å². The molecule has 0 bridgehead atoms. The molecule has 0 saturated heterocycles. The largest absolute Gasteiger partial charge is 0.213 e. The average molecular weight is 503 g/mol. The Hall–Kier alpha value is -2.93. The minimum atomic E-state index is 0.458. The molecule has 2 aliphatic carbocycles. The molecular weight excluding hydrogens is 458 g/mol. The molecule has 1 heterocycles. The molecule has 0 unspecified atom stereocenters. The van der Waals surface area contributed by atoms with Crippen LogP contribution in [-0.4, -0.2) is 0 Å². The molecule has 6 rings (SSSR count). The molecule has 2 saturated carbocycles. The van der Waals surface area contributed by atoms with Gasteiger partial charge < -0.3 is 0 Å². The molecule has 38 heavy (non-hydrogen) atoms. The summed E-state index contributed by atoms with van der Waals surface area (Å²) < 4.78 is 2.30. The number of hydrogen-bond acceptors (Lipinski definition) is 0. The summed E-state index contributed by atoms with van der Waals surface area (Å²) in [5, 5.41) is 2.74. The Kier molecular flexibility index (Phi) is 7.12. The highest BCUT2D eigenvalue weighted by Gasteiger charge is 2.30. The molecule has 2 aliphatic rings. The fraction of sp³-hybridized carbons (Fsp3) is 0.432. The second kappa shape index (κ2) is 10.7. The quantitative estimate of drug-likeness (QED) is 0.239. The van der Waals surface area contributed by atoms with Crippen molar-refractivity contribution >= 4 is 10.8 Å². The van der Waals surface area contributed by atoms with Gasteiger partial charge in [-0.1, -0.05) is 88.1 Å². The van der Waals surface area contributed by atoms with Gasteiger partial charge >= 0.3 is 0 Å². The number of pyridine rings is 1. The summed E-state index contributed by atoms with van der Waals surface area (Å²) >= 11 is 0. The minimum Gasteiger partial charge on any atom is -0.201 e. The van der Waals surface area contributed by atoms with Crippen LogP contribution in [0.1, 0.15) is 93.7 Å². The molecule has 0 radical (unpaired) electrons. The molecule has 0 atom stereocenters. The maximum Gasteiger partial charge on any atom is 0.213 e. The molecule has 1 heteroatoms. The van der Waals surface area contributed by atoms with Crippen LogP contribution in [0.15, 0.2) is 72.9 Å². The van der Waals surface area contributed by atoms with E-state index in [1.54, 1.807) is 5.56 Å². The molecule has 196 valence electrons. The van der Waals surface area contributed by atoms with Crippen molar-refractivity contribution in [3.8, 4) is 22.4 Å². The number of benzene rings is 3. The van der Waals surface area contributed by atoms with Gasteiger partial charge in [0.2, 0.25) is 5.69 Å². The van der Waals surface area contributed by atoms with E-state index in [2.05, 4.69) is 105 Å². The SMILES string of the molecule is Cc1ccccc1-c1cc(-c2ccc3cc(C4CCC(C5CCCC5)CC4)ccc3c2)c(C(C)C)c[n+]1C. The standard InChI is InChI=1S/C37H44N/c1-25(2)36-24-38(4)37(34-12-8-5-9-26(34)3)23-35(36)33-20-19-31-21-30(17-18-32(31)22-33)29-15-13-28(14-16-29)27-10-6-7-11-27/h5,8-9,12,17-25,27-29H,6-7,10-11,13-16H2,1-4H3/q+1. The highest BCUT2D eigenvalue weighted by molar-refractivity contribution is 5.89. The second-order valence-electron chi connectivity index (χ2n) is 12.6. The van der Waals surface area contributed by atoms with Gasteiger partial charge in [0.1, 0.15) is 7.05 Å². The monoisotopic (exact) mass is 502 g/mol. The van der Waals surface area contributed by atoms with Crippen LogP contribution in [0.25, 0.3) is 33.2 Å². The van der Waals surface area contributed by atoms with E-state index in [9.17, 15) is 0 Å². The number of fused-ring (bicyclic) bond motifs is 1. The molecule has 2 fully saturated rings. The first-order valence-corrected chi connectivity index (χ1v) is 15.1. The van der Waals surface area contributed by atoms with E-state index in [4.69, 9.17) is 0 Å². The molecule has 0 aliphatic heterocycles. The summed E-state index contributed by atoms with van der Waals surface area (Å²) in [5.41, 5.74) is 9.53. The molecule has 1 nitrogen and oxygen atoms in total.